The Hall–Kier alpha value is -1.37. The second kappa shape index (κ2) is 6.60. The van der Waals surface area contributed by atoms with Gasteiger partial charge in [0.05, 0.1) is 10.9 Å². The Morgan fingerprint density at radius 3 is 2.62 bits per heavy atom. The second-order valence-electron chi connectivity index (χ2n) is 4.80. The lowest BCUT2D eigenvalue weighted by Crippen LogP contribution is -2.19. The average molecular weight is 324 g/mol. The molecule has 2 N–H and O–H groups in total. The Morgan fingerprint density at radius 1 is 1.29 bits per heavy atom. The molecule has 1 aromatic carbocycles. The van der Waals surface area contributed by atoms with Crippen molar-refractivity contribution in [2.45, 2.75) is 31.2 Å². The van der Waals surface area contributed by atoms with E-state index in [2.05, 4.69) is 28.4 Å². The molecule has 1 heterocycles. The maximum Gasteiger partial charge on any atom is 0.240 e. The number of benzene rings is 1. The van der Waals surface area contributed by atoms with Crippen LogP contribution in [-0.4, -0.2) is 15.5 Å². The van der Waals surface area contributed by atoms with Gasteiger partial charge in [0.25, 0.3) is 0 Å². The van der Waals surface area contributed by atoms with Crippen molar-refractivity contribution in [1.82, 2.24) is 4.72 Å². The number of hydrogen-bond donors (Lipinski definition) is 2. The van der Waals surface area contributed by atoms with Crippen molar-refractivity contribution in [3.63, 3.8) is 0 Å². The lowest BCUT2D eigenvalue weighted by atomic mass is 10.1. The van der Waals surface area contributed by atoms with E-state index >= 15 is 0 Å². The quantitative estimate of drug-likeness (QED) is 0.854. The molecule has 0 aliphatic rings. The van der Waals surface area contributed by atoms with Crippen molar-refractivity contribution in [2.75, 3.05) is 12.4 Å². The van der Waals surface area contributed by atoms with Crippen molar-refractivity contribution < 1.29 is 8.42 Å². The van der Waals surface area contributed by atoms with E-state index in [1.54, 1.807) is 23.5 Å². The number of anilines is 1. The molecule has 2 aromatic rings. The molecule has 6 heteroatoms. The van der Waals surface area contributed by atoms with Gasteiger partial charge in [0.1, 0.15) is 0 Å². The van der Waals surface area contributed by atoms with Crippen molar-refractivity contribution in [3.8, 4) is 0 Å². The summed E-state index contributed by atoms with van der Waals surface area (Å²) in [5.41, 5.74) is 1.88. The zero-order valence-electron chi connectivity index (χ0n) is 12.4. The van der Waals surface area contributed by atoms with E-state index in [0.717, 1.165) is 17.7 Å². The third-order valence-electron chi connectivity index (χ3n) is 3.41. The summed E-state index contributed by atoms with van der Waals surface area (Å²) in [6.45, 7) is 4.08. The lowest BCUT2D eigenvalue weighted by Gasteiger charge is -2.19. The molecule has 114 valence electrons. The summed E-state index contributed by atoms with van der Waals surface area (Å²) in [5, 5.41) is 5.50. The van der Waals surface area contributed by atoms with Gasteiger partial charge in [0.2, 0.25) is 10.0 Å². The Bertz CT molecular complexity index is 694. The van der Waals surface area contributed by atoms with E-state index in [0.29, 0.717) is 0 Å². The Morgan fingerprint density at radius 2 is 2.05 bits per heavy atom. The third kappa shape index (κ3) is 3.64. The topological polar surface area (TPSA) is 58.2 Å². The van der Waals surface area contributed by atoms with Gasteiger partial charge in [0.15, 0.2) is 0 Å². The highest BCUT2D eigenvalue weighted by atomic mass is 32.2. The van der Waals surface area contributed by atoms with E-state index in [1.165, 1.54) is 11.9 Å². The summed E-state index contributed by atoms with van der Waals surface area (Å²) in [6.07, 6.45) is 0.933. The van der Waals surface area contributed by atoms with Crippen LogP contribution in [-0.2, 0) is 10.0 Å². The van der Waals surface area contributed by atoms with Gasteiger partial charge in [-0.1, -0.05) is 19.1 Å². The highest BCUT2D eigenvalue weighted by Crippen LogP contribution is 2.29. The standard InChI is InChI=1S/C15H20N2O2S2/c1-4-13(15-6-5-9-20-15)17-14-10-12(8-7-11(14)2)21(18,19)16-3/h5-10,13,16-17H,4H2,1-3H3. The van der Waals surface area contributed by atoms with Crippen LogP contribution in [0, 0.1) is 6.92 Å². The van der Waals surface area contributed by atoms with E-state index < -0.39 is 10.0 Å². The molecule has 1 unspecified atom stereocenters. The first-order chi connectivity index (χ1) is 9.97. The number of thiophene rings is 1. The molecule has 2 rings (SSSR count). The fourth-order valence-electron chi connectivity index (χ4n) is 2.09. The predicted octanol–water partition coefficient (Wildman–Crippen LogP) is 3.53. The van der Waals surface area contributed by atoms with Gasteiger partial charge in [-0.2, -0.15) is 0 Å². The van der Waals surface area contributed by atoms with Crippen LogP contribution in [0.4, 0.5) is 5.69 Å². The first kappa shape index (κ1) is 16.0. The minimum Gasteiger partial charge on any atom is -0.377 e. The molecular weight excluding hydrogens is 304 g/mol. The van der Waals surface area contributed by atoms with E-state index in [4.69, 9.17) is 0 Å². The zero-order chi connectivity index (χ0) is 15.5. The summed E-state index contributed by atoms with van der Waals surface area (Å²) >= 11 is 1.70. The fraction of sp³-hybridized carbons (Fsp3) is 0.333. The maximum absolute atomic E-state index is 11.9. The number of nitrogens with one attached hydrogen (secondary N) is 2. The van der Waals surface area contributed by atoms with Gasteiger partial charge in [-0.15, -0.1) is 11.3 Å². The Balaban J connectivity index is 2.33. The molecule has 0 saturated heterocycles. The number of aryl methyl sites for hydroxylation is 1. The van der Waals surface area contributed by atoms with Crippen LogP contribution in [0.2, 0.25) is 0 Å². The average Bonchev–Trinajstić information content (AvgIpc) is 3.00. The van der Waals surface area contributed by atoms with Crippen LogP contribution in [0.3, 0.4) is 0 Å². The van der Waals surface area contributed by atoms with Crippen molar-refractivity contribution in [3.05, 3.63) is 46.2 Å². The van der Waals surface area contributed by atoms with Crippen LogP contribution in [0.15, 0.2) is 40.6 Å². The van der Waals surface area contributed by atoms with Crippen LogP contribution >= 0.6 is 11.3 Å². The fourth-order valence-corrected chi connectivity index (χ4v) is 3.71. The number of rotatable bonds is 6. The second-order valence-corrected chi connectivity index (χ2v) is 7.67. The summed E-state index contributed by atoms with van der Waals surface area (Å²) in [6, 6.07) is 9.45. The van der Waals surface area contributed by atoms with E-state index in [1.807, 2.05) is 19.1 Å². The molecule has 4 nitrogen and oxygen atoms in total. The molecule has 1 aromatic heterocycles. The van der Waals surface area contributed by atoms with E-state index in [9.17, 15) is 8.42 Å². The van der Waals surface area contributed by atoms with Crippen molar-refractivity contribution in [2.24, 2.45) is 0 Å². The van der Waals surface area contributed by atoms with Crippen LogP contribution in [0.5, 0.6) is 0 Å². The molecule has 0 aliphatic heterocycles. The zero-order valence-corrected chi connectivity index (χ0v) is 14.0. The van der Waals surface area contributed by atoms with Gasteiger partial charge in [-0.05, 0) is 49.5 Å². The summed E-state index contributed by atoms with van der Waals surface area (Å²) in [4.78, 5) is 1.53. The minimum atomic E-state index is -3.42. The van der Waals surface area contributed by atoms with Gasteiger partial charge in [-0.3, -0.25) is 0 Å². The van der Waals surface area contributed by atoms with Gasteiger partial charge in [0, 0.05) is 10.6 Å². The van der Waals surface area contributed by atoms with Crippen LogP contribution in [0.1, 0.15) is 29.8 Å². The number of hydrogen-bond acceptors (Lipinski definition) is 4. The molecule has 0 radical (unpaired) electrons. The maximum atomic E-state index is 11.9. The molecule has 21 heavy (non-hydrogen) atoms. The largest absolute Gasteiger partial charge is 0.377 e. The molecule has 0 fully saturated rings. The summed E-state index contributed by atoms with van der Waals surface area (Å²) < 4.78 is 26.2. The summed E-state index contributed by atoms with van der Waals surface area (Å²) in [5.74, 6) is 0. The molecule has 0 saturated carbocycles. The normalized spacial score (nSPS) is 13.1. The Labute approximate surface area is 130 Å². The smallest absolute Gasteiger partial charge is 0.240 e. The molecule has 0 aliphatic carbocycles. The molecule has 0 bridgehead atoms. The first-order valence-electron chi connectivity index (χ1n) is 6.82. The SMILES string of the molecule is CCC(Nc1cc(S(=O)(=O)NC)ccc1C)c1cccs1. The summed E-state index contributed by atoms with van der Waals surface area (Å²) in [7, 11) is -2.00. The monoisotopic (exact) mass is 324 g/mol. The lowest BCUT2D eigenvalue weighted by molar-refractivity contribution is 0.588. The molecular formula is C15H20N2O2S2. The Kier molecular flexibility index (Phi) is 5.03. The highest BCUT2D eigenvalue weighted by molar-refractivity contribution is 7.89. The van der Waals surface area contributed by atoms with Gasteiger partial charge >= 0.3 is 0 Å². The molecule has 0 amide bonds. The molecule has 0 spiro atoms. The minimum absolute atomic E-state index is 0.191. The van der Waals surface area contributed by atoms with Crippen molar-refractivity contribution in [1.29, 1.82) is 0 Å². The highest BCUT2D eigenvalue weighted by Gasteiger charge is 2.15. The number of sulfonamides is 1. The van der Waals surface area contributed by atoms with Crippen LogP contribution < -0.4 is 10.0 Å². The third-order valence-corrected chi connectivity index (χ3v) is 5.81. The predicted molar refractivity (Wildman–Crippen MR) is 88.4 cm³/mol. The van der Waals surface area contributed by atoms with Gasteiger partial charge < -0.3 is 5.32 Å². The molecule has 1 atom stereocenters. The van der Waals surface area contributed by atoms with E-state index in [-0.39, 0.29) is 10.9 Å². The van der Waals surface area contributed by atoms with Crippen LogP contribution in [0.25, 0.3) is 0 Å². The first-order valence-corrected chi connectivity index (χ1v) is 9.18. The van der Waals surface area contributed by atoms with Crippen molar-refractivity contribution >= 4 is 27.0 Å². The van der Waals surface area contributed by atoms with Gasteiger partial charge in [-0.25, -0.2) is 13.1 Å².